The third-order valence-corrected chi connectivity index (χ3v) is 4.54. The predicted octanol–water partition coefficient (Wildman–Crippen LogP) is 1.86. The van der Waals surface area contributed by atoms with E-state index in [1.165, 1.54) is 0 Å². The van der Waals surface area contributed by atoms with Crippen molar-refractivity contribution in [3.63, 3.8) is 0 Å². The summed E-state index contributed by atoms with van der Waals surface area (Å²) in [5.74, 6) is 0.242. The second-order valence-electron chi connectivity index (χ2n) is 4.90. The summed E-state index contributed by atoms with van der Waals surface area (Å²) in [4.78, 5) is 28.4. The van der Waals surface area contributed by atoms with Crippen molar-refractivity contribution in [2.24, 2.45) is 0 Å². The molecule has 1 aromatic carbocycles. The van der Waals surface area contributed by atoms with E-state index in [-0.39, 0.29) is 17.1 Å². The van der Waals surface area contributed by atoms with Crippen LogP contribution in [0.2, 0.25) is 0 Å². The van der Waals surface area contributed by atoms with Gasteiger partial charge in [0.05, 0.1) is 5.25 Å². The molecule has 0 aromatic heterocycles. The van der Waals surface area contributed by atoms with Crippen molar-refractivity contribution < 1.29 is 9.59 Å². The van der Waals surface area contributed by atoms with Gasteiger partial charge >= 0.3 is 0 Å². The molecule has 20 heavy (non-hydrogen) atoms. The van der Waals surface area contributed by atoms with E-state index in [0.29, 0.717) is 26.2 Å². The molecule has 0 saturated carbocycles. The normalized spacial score (nSPS) is 16.9. The fourth-order valence-electron chi connectivity index (χ4n) is 2.25. The minimum absolute atomic E-state index is 0.0869. The van der Waals surface area contributed by atoms with Crippen LogP contribution in [-0.4, -0.2) is 53.0 Å². The maximum Gasteiger partial charge on any atom is 0.235 e. The van der Waals surface area contributed by atoms with Gasteiger partial charge in [-0.25, -0.2) is 0 Å². The molecule has 1 aliphatic rings. The monoisotopic (exact) mass is 292 g/mol. The molecule has 2 rings (SSSR count). The van der Waals surface area contributed by atoms with Gasteiger partial charge in [-0.1, -0.05) is 18.2 Å². The van der Waals surface area contributed by atoms with Gasteiger partial charge in [0.25, 0.3) is 0 Å². The van der Waals surface area contributed by atoms with Crippen molar-refractivity contribution in [2.45, 2.75) is 24.0 Å². The summed E-state index contributed by atoms with van der Waals surface area (Å²) in [5.41, 5.74) is 0. The van der Waals surface area contributed by atoms with E-state index in [9.17, 15) is 9.59 Å². The molecule has 1 saturated heterocycles. The van der Waals surface area contributed by atoms with Crippen molar-refractivity contribution in [1.29, 1.82) is 0 Å². The number of piperazine rings is 1. The molecule has 1 aromatic rings. The lowest BCUT2D eigenvalue weighted by Gasteiger charge is -2.35. The molecule has 1 fully saturated rings. The number of thioether (sulfide) groups is 1. The van der Waals surface area contributed by atoms with E-state index in [4.69, 9.17) is 0 Å². The summed E-state index contributed by atoms with van der Waals surface area (Å²) in [6.07, 6.45) is 0. The molecular weight excluding hydrogens is 272 g/mol. The third-order valence-electron chi connectivity index (χ3n) is 3.44. The van der Waals surface area contributed by atoms with E-state index in [0.717, 1.165) is 4.90 Å². The van der Waals surface area contributed by atoms with Gasteiger partial charge in [0.2, 0.25) is 11.8 Å². The molecule has 0 radical (unpaired) electrons. The summed E-state index contributed by atoms with van der Waals surface area (Å²) in [6, 6.07) is 9.96. The first-order valence-corrected chi connectivity index (χ1v) is 7.72. The maximum atomic E-state index is 12.4. The first-order valence-electron chi connectivity index (χ1n) is 6.84. The van der Waals surface area contributed by atoms with Crippen LogP contribution in [0.4, 0.5) is 0 Å². The van der Waals surface area contributed by atoms with Crippen molar-refractivity contribution in [2.75, 3.05) is 26.2 Å². The average Bonchev–Trinajstić information content (AvgIpc) is 2.47. The molecule has 1 aliphatic heterocycles. The lowest BCUT2D eigenvalue weighted by Crippen LogP contribution is -2.51. The lowest BCUT2D eigenvalue weighted by atomic mass is 10.3. The van der Waals surface area contributed by atoms with Gasteiger partial charge < -0.3 is 9.80 Å². The molecule has 1 atom stereocenters. The number of benzene rings is 1. The Morgan fingerprint density at radius 2 is 1.60 bits per heavy atom. The van der Waals surface area contributed by atoms with Gasteiger partial charge in [-0.2, -0.15) is 0 Å². The molecular formula is C15H20N2O2S. The van der Waals surface area contributed by atoms with Gasteiger partial charge in [-0.3, -0.25) is 9.59 Å². The number of rotatable bonds is 3. The fraction of sp³-hybridized carbons (Fsp3) is 0.467. The second-order valence-corrected chi connectivity index (χ2v) is 6.32. The van der Waals surface area contributed by atoms with Crippen LogP contribution in [0, 0.1) is 0 Å². The summed E-state index contributed by atoms with van der Waals surface area (Å²) in [5, 5.41) is -0.0960. The highest BCUT2D eigenvalue weighted by Crippen LogP contribution is 2.24. The Morgan fingerprint density at radius 3 is 2.15 bits per heavy atom. The zero-order chi connectivity index (χ0) is 14.5. The average molecular weight is 292 g/mol. The van der Waals surface area contributed by atoms with Crippen LogP contribution < -0.4 is 0 Å². The smallest absolute Gasteiger partial charge is 0.235 e. The van der Waals surface area contributed by atoms with E-state index >= 15 is 0 Å². The summed E-state index contributed by atoms with van der Waals surface area (Å²) in [7, 11) is 0. The largest absolute Gasteiger partial charge is 0.339 e. The van der Waals surface area contributed by atoms with Gasteiger partial charge in [-0.15, -0.1) is 11.8 Å². The minimum atomic E-state index is -0.0960. The maximum absolute atomic E-state index is 12.4. The van der Waals surface area contributed by atoms with Crippen LogP contribution in [0.25, 0.3) is 0 Å². The molecule has 0 spiro atoms. The van der Waals surface area contributed by atoms with E-state index in [2.05, 4.69) is 0 Å². The SMILES string of the molecule is CC(=O)N1CCN(C(=O)C(C)Sc2ccccc2)CC1. The van der Waals surface area contributed by atoms with E-state index in [1.54, 1.807) is 23.6 Å². The number of hydrogen-bond donors (Lipinski definition) is 0. The van der Waals surface area contributed by atoms with Crippen LogP contribution in [0.5, 0.6) is 0 Å². The third kappa shape index (κ3) is 3.76. The van der Waals surface area contributed by atoms with Gasteiger partial charge in [-0.05, 0) is 19.1 Å². The van der Waals surface area contributed by atoms with Crippen LogP contribution in [0.1, 0.15) is 13.8 Å². The van der Waals surface area contributed by atoms with Gasteiger partial charge in [0, 0.05) is 38.0 Å². The minimum Gasteiger partial charge on any atom is -0.339 e. The summed E-state index contributed by atoms with van der Waals surface area (Å²) in [6.45, 7) is 6.08. The number of hydrogen-bond acceptors (Lipinski definition) is 3. The molecule has 4 nitrogen and oxygen atoms in total. The van der Waals surface area contributed by atoms with Crippen molar-refractivity contribution in [1.82, 2.24) is 9.80 Å². The van der Waals surface area contributed by atoms with Crippen LogP contribution >= 0.6 is 11.8 Å². The van der Waals surface area contributed by atoms with Crippen molar-refractivity contribution >= 4 is 23.6 Å². The zero-order valence-corrected chi connectivity index (χ0v) is 12.7. The summed E-state index contributed by atoms with van der Waals surface area (Å²) < 4.78 is 0. The van der Waals surface area contributed by atoms with Crippen LogP contribution in [0.3, 0.4) is 0 Å². The predicted molar refractivity (Wildman–Crippen MR) is 80.6 cm³/mol. The Kier molecular flexibility index (Phi) is 5.06. The Morgan fingerprint density at radius 1 is 1.05 bits per heavy atom. The zero-order valence-electron chi connectivity index (χ0n) is 11.9. The van der Waals surface area contributed by atoms with Crippen LogP contribution in [0.15, 0.2) is 35.2 Å². The molecule has 1 unspecified atom stereocenters. The van der Waals surface area contributed by atoms with Gasteiger partial charge in [0.15, 0.2) is 0 Å². The molecule has 0 bridgehead atoms. The van der Waals surface area contributed by atoms with Crippen LogP contribution in [-0.2, 0) is 9.59 Å². The second kappa shape index (κ2) is 6.79. The molecule has 5 heteroatoms. The summed E-state index contributed by atoms with van der Waals surface area (Å²) >= 11 is 1.58. The van der Waals surface area contributed by atoms with E-state index in [1.807, 2.05) is 42.2 Å². The highest BCUT2D eigenvalue weighted by molar-refractivity contribution is 8.00. The quantitative estimate of drug-likeness (QED) is 0.798. The lowest BCUT2D eigenvalue weighted by molar-refractivity contribution is -0.137. The highest BCUT2D eigenvalue weighted by atomic mass is 32.2. The Balaban J connectivity index is 1.87. The molecule has 2 amide bonds. The van der Waals surface area contributed by atoms with Crippen molar-refractivity contribution in [3.05, 3.63) is 30.3 Å². The molecule has 0 aliphatic carbocycles. The Hall–Kier alpha value is -1.49. The highest BCUT2D eigenvalue weighted by Gasteiger charge is 2.26. The Labute approximate surface area is 124 Å². The number of nitrogens with zero attached hydrogens (tertiary/aromatic N) is 2. The topological polar surface area (TPSA) is 40.6 Å². The van der Waals surface area contributed by atoms with Crippen molar-refractivity contribution in [3.8, 4) is 0 Å². The van der Waals surface area contributed by atoms with Gasteiger partial charge in [0.1, 0.15) is 0 Å². The first-order chi connectivity index (χ1) is 9.58. The fourth-order valence-corrected chi connectivity index (χ4v) is 3.22. The molecule has 1 heterocycles. The number of carbonyl (C=O) groups is 2. The number of amides is 2. The molecule has 0 N–H and O–H groups in total. The number of carbonyl (C=O) groups excluding carboxylic acids is 2. The Bertz CT molecular complexity index is 470. The first kappa shape index (κ1) is 14.9. The van der Waals surface area contributed by atoms with E-state index < -0.39 is 0 Å². The standard InChI is InChI=1S/C15H20N2O2S/c1-12(20-14-6-4-3-5-7-14)15(19)17-10-8-16(9-11-17)13(2)18/h3-7,12H,8-11H2,1-2H3. The molecule has 108 valence electrons.